The van der Waals surface area contributed by atoms with E-state index < -0.39 is 12.1 Å². The highest BCUT2D eigenvalue weighted by atomic mass is 16.4. The highest BCUT2D eigenvalue weighted by molar-refractivity contribution is 5.74. The lowest BCUT2D eigenvalue weighted by molar-refractivity contribution is -0.137. The second-order valence-corrected chi connectivity index (χ2v) is 6.09. The fourth-order valence-electron chi connectivity index (χ4n) is 2.76. The van der Waals surface area contributed by atoms with Crippen molar-refractivity contribution in [1.29, 1.82) is 0 Å². The first-order valence-electron chi connectivity index (χ1n) is 7.82. The van der Waals surface area contributed by atoms with Crippen LogP contribution in [0, 0.1) is 5.92 Å². The number of hydrogen-bond donors (Lipinski definition) is 3. The van der Waals surface area contributed by atoms with Crippen molar-refractivity contribution in [3.8, 4) is 0 Å². The number of aliphatic hydroxyl groups is 1. The van der Waals surface area contributed by atoms with E-state index >= 15 is 0 Å². The molecule has 6 heteroatoms. The Kier molecular flexibility index (Phi) is 7.50. The molecule has 21 heavy (non-hydrogen) atoms. The molecule has 122 valence electrons. The third-order valence-electron chi connectivity index (χ3n) is 4.28. The smallest absolute Gasteiger partial charge is 0.317 e. The van der Waals surface area contributed by atoms with Crippen molar-refractivity contribution in [3.63, 3.8) is 0 Å². The minimum Gasteiger partial charge on any atom is -0.481 e. The molecule has 0 aromatic rings. The number of carboxylic acids is 1. The second-order valence-electron chi connectivity index (χ2n) is 6.09. The van der Waals surface area contributed by atoms with Crippen LogP contribution in [0.3, 0.4) is 0 Å². The van der Waals surface area contributed by atoms with Crippen LogP contribution in [0.5, 0.6) is 0 Å². The summed E-state index contributed by atoms with van der Waals surface area (Å²) < 4.78 is 0. The Bertz CT molecular complexity index is 349. The maximum Gasteiger partial charge on any atom is 0.317 e. The van der Waals surface area contributed by atoms with Crippen molar-refractivity contribution in [2.45, 2.75) is 64.0 Å². The molecule has 2 amide bonds. The average Bonchev–Trinajstić information content (AvgIpc) is 2.44. The average molecular weight is 300 g/mol. The van der Waals surface area contributed by atoms with E-state index in [0.717, 1.165) is 32.1 Å². The van der Waals surface area contributed by atoms with Gasteiger partial charge in [0.2, 0.25) is 0 Å². The third-order valence-corrected chi connectivity index (χ3v) is 4.28. The van der Waals surface area contributed by atoms with Crippen LogP contribution in [-0.2, 0) is 4.79 Å². The number of aliphatic carboxylic acids is 1. The monoisotopic (exact) mass is 300 g/mol. The number of carbonyl (C=O) groups is 2. The topological polar surface area (TPSA) is 89.9 Å². The molecule has 1 fully saturated rings. The number of rotatable bonds is 7. The fraction of sp³-hybridized carbons (Fsp3) is 0.867. The van der Waals surface area contributed by atoms with E-state index in [2.05, 4.69) is 5.32 Å². The van der Waals surface area contributed by atoms with Gasteiger partial charge in [0.05, 0.1) is 12.1 Å². The molecule has 0 aromatic heterocycles. The van der Waals surface area contributed by atoms with E-state index in [1.807, 2.05) is 6.92 Å². The summed E-state index contributed by atoms with van der Waals surface area (Å²) in [5.74, 6) is -0.510. The first-order chi connectivity index (χ1) is 9.91. The highest BCUT2D eigenvalue weighted by Crippen LogP contribution is 2.22. The number of hydrogen-bond acceptors (Lipinski definition) is 3. The van der Waals surface area contributed by atoms with Crippen LogP contribution in [0.25, 0.3) is 0 Å². The van der Waals surface area contributed by atoms with E-state index in [4.69, 9.17) is 5.11 Å². The van der Waals surface area contributed by atoms with Gasteiger partial charge in [-0.3, -0.25) is 4.79 Å². The van der Waals surface area contributed by atoms with Gasteiger partial charge in [-0.1, -0.05) is 19.8 Å². The molecule has 0 spiro atoms. The Balaban J connectivity index is 2.24. The Hall–Kier alpha value is -1.30. The molecule has 0 heterocycles. The number of urea groups is 1. The summed E-state index contributed by atoms with van der Waals surface area (Å²) >= 11 is 0. The van der Waals surface area contributed by atoms with Gasteiger partial charge < -0.3 is 20.4 Å². The summed E-state index contributed by atoms with van der Waals surface area (Å²) in [5.41, 5.74) is 0. The highest BCUT2D eigenvalue weighted by Gasteiger charge is 2.29. The van der Waals surface area contributed by atoms with Crippen molar-refractivity contribution in [2.24, 2.45) is 5.92 Å². The molecule has 0 saturated heterocycles. The van der Waals surface area contributed by atoms with Gasteiger partial charge in [0.15, 0.2) is 0 Å². The fourth-order valence-corrected chi connectivity index (χ4v) is 2.76. The van der Waals surface area contributed by atoms with Crippen LogP contribution in [0.1, 0.15) is 51.9 Å². The summed E-state index contributed by atoms with van der Waals surface area (Å²) in [7, 11) is 1.72. The second kappa shape index (κ2) is 8.87. The van der Waals surface area contributed by atoms with Crippen LogP contribution in [0.2, 0.25) is 0 Å². The van der Waals surface area contributed by atoms with Crippen LogP contribution < -0.4 is 5.32 Å². The third kappa shape index (κ3) is 6.33. The van der Waals surface area contributed by atoms with Crippen LogP contribution in [0.4, 0.5) is 4.79 Å². The van der Waals surface area contributed by atoms with E-state index in [1.54, 1.807) is 11.9 Å². The number of aliphatic hydroxyl groups excluding tert-OH is 1. The van der Waals surface area contributed by atoms with Crippen molar-refractivity contribution >= 4 is 12.0 Å². The largest absolute Gasteiger partial charge is 0.481 e. The molecule has 6 nitrogen and oxygen atoms in total. The summed E-state index contributed by atoms with van der Waals surface area (Å²) in [5, 5.41) is 21.4. The molecule has 1 saturated carbocycles. The molecule has 0 aliphatic heterocycles. The molecule has 3 atom stereocenters. The quantitative estimate of drug-likeness (QED) is 0.669. The molecular formula is C15H28N2O4. The van der Waals surface area contributed by atoms with E-state index in [9.17, 15) is 14.7 Å². The molecule has 3 N–H and O–H groups in total. The Morgan fingerprint density at radius 1 is 1.29 bits per heavy atom. The lowest BCUT2D eigenvalue weighted by Crippen LogP contribution is -2.50. The number of carboxylic acid groups (broad SMARTS) is 1. The van der Waals surface area contributed by atoms with Crippen LogP contribution >= 0.6 is 0 Å². The van der Waals surface area contributed by atoms with Gasteiger partial charge in [-0.05, 0) is 31.6 Å². The van der Waals surface area contributed by atoms with Gasteiger partial charge in [0.25, 0.3) is 0 Å². The molecule has 1 rings (SSSR count). The predicted octanol–water partition coefficient (Wildman–Crippen LogP) is 1.82. The zero-order valence-corrected chi connectivity index (χ0v) is 13.0. The van der Waals surface area contributed by atoms with Crippen LogP contribution in [-0.4, -0.2) is 52.9 Å². The first kappa shape index (κ1) is 17.8. The summed E-state index contributed by atoms with van der Waals surface area (Å²) in [6.45, 7) is 2.52. The van der Waals surface area contributed by atoms with Gasteiger partial charge in [-0.25, -0.2) is 4.79 Å². The Morgan fingerprint density at radius 3 is 2.57 bits per heavy atom. The maximum atomic E-state index is 12.0. The Morgan fingerprint density at radius 2 is 1.95 bits per heavy atom. The van der Waals surface area contributed by atoms with E-state index in [-0.39, 0.29) is 24.4 Å². The molecule has 0 bridgehead atoms. The normalized spacial score (nSPS) is 23.4. The van der Waals surface area contributed by atoms with Crippen molar-refractivity contribution in [1.82, 2.24) is 10.2 Å². The number of nitrogens with zero attached hydrogens (tertiary/aromatic N) is 1. The van der Waals surface area contributed by atoms with Crippen molar-refractivity contribution < 1.29 is 19.8 Å². The van der Waals surface area contributed by atoms with Crippen molar-refractivity contribution in [2.75, 3.05) is 13.6 Å². The van der Waals surface area contributed by atoms with Gasteiger partial charge in [0, 0.05) is 20.0 Å². The zero-order valence-electron chi connectivity index (χ0n) is 13.0. The van der Waals surface area contributed by atoms with Gasteiger partial charge in [-0.15, -0.1) is 0 Å². The van der Waals surface area contributed by atoms with E-state index in [1.165, 1.54) is 0 Å². The predicted molar refractivity (Wildman–Crippen MR) is 80.1 cm³/mol. The molecule has 0 radical (unpaired) electrons. The molecule has 0 aromatic carbocycles. The standard InChI is InChI=1S/C15H28N2O4/c1-11(7-8-14(19)20)9-10-16-15(21)17(2)12-5-3-4-6-13(12)18/h11-13,18H,3-10H2,1-2H3,(H,16,21)(H,19,20). The van der Waals surface area contributed by atoms with Gasteiger partial charge >= 0.3 is 12.0 Å². The lowest BCUT2D eigenvalue weighted by Gasteiger charge is -2.35. The molecule has 1 aliphatic rings. The van der Waals surface area contributed by atoms with Crippen molar-refractivity contribution in [3.05, 3.63) is 0 Å². The van der Waals surface area contributed by atoms with Crippen LogP contribution in [0.15, 0.2) is 0 Å². The number of likely N-dealkylation sites (N-methyl/N-ethyl adjacent to an activating group) is 1. The number of carbonyl (C=O) groups excluding carboxylic acids is 1. The first-order valence-corrected chi connectivity index (χ1v) is 7.82. The SMILES string of the molecule is CC(CCNC(=O)N(C)C1CCCCC1O)CCC(=O)O. The number of amides is 2. The minimum atomic E-state index is -0.781. The van der Waals surface area contributed by atoms with Gasteiger partial charge in [0.1, 0.15) is 0 Å². The summed E-state index contributed by atoms with van der Waals surface area (Å²) in [6.07, 6.45) is 4.81. The zero-order chi connectivity index (χ0) is 15.8. The lowest BCUT2D eigenvalue weighted by atomic mass is 9.92. The summed E-state index contributed by atoms with van der Waals surface area (Å²) in [4.78, 5) is 24.1. The molecule has 1 aliphatic carbocycles. The molecule has 3 unspecified atom stereocenters. The maximum absolute atomic E-state index is 12.0. The van der Waals surface area contributed by atoms with Gasteiger partial charge in [-0.2, -0.15) is 0 Å². The van der Waals surface area contributed by atoms with E-state index in [0.29, 0.717) is 13.0 Å². The molecular weight excluding hydrogens is 272 g/mol. The Labute approximate surface area is 126 Å². The number of nitrogens with one attached hydrogen (secondary N) is 1. The minimum absolute atomic E-state index is 0.0943. The summed E-state index contributed by atoms with van der Waals surface area (Å²) in [6, 6.07) is -0.255.